The number of hydrogen-bond donors (Lipinski definition) is 1. The van der Waals surface area contributed by atoms with E-state index in [0.29, 0.717) is 11.5 Å². The number of piperidine rings is 1. The van der Waals surface area contributed by atoms with Crippen molar-refractivity contribution in [3.63, 3.8) is 0 Å². The van der Waals surface area contributed by atoms with Gasteiger partial charge in [-0.25, -0.2) is 0 Å². The molecule has 1 fully saturated rings. The zero-order chi connectivity index (χ0) is 15.3. The first kappa shape index (κ1) is 16.3. The van der Waals surface area contributed by atoms with Gasteiger partial charge in [0.2, 0.25) is 0 Å². The summed E-state index contributed by atoms with van der Waals surface area (Å²) in [6, 6.07) is 4.79. The summed E-state index contributed by atoms with van der Waals surface area (Å²) >= 11 is 0. The molecular weight excluding hydrogens is 258 g/mol. The number of hydrogen-bond acceptors (Lipinski definition) is 3. The summed E-state index contributed by atoms with van der Waals surface area (Å²) in [7, 11) is 2.00. The molecule has 1 aliphatic rings. The van der Waals surface area contributed by atoms with Gasteiger partial charge in [-0.1, -0.05) is 33.6 Å². The number of nitrogens with zero attached hydrogens (tertiary/aromatic N) is 2. The highest BCUT2D eigenvalue weighted by atomic mass is 15.1. The normalized spacial score (nSPS) is 19.5. The second-order valence-electron chi connectivity index (χ2n) is 6.38. The van der Waals surface area contributed by atoms with Gasteiger partial charge < -0.3 is 10.2 Å². The van der Waals surface area contributed by atoms with Gasteiger partial charge in [0.05, 0.1) is 17.6 Å². The van der Waals surface area contributed by atoms with E-state index in [2.05, 4.69) is 54.3 Å². The molecule has 0 aliphatic carbocycles. The lowest BCUT2D eigenvalue weighted by atomic mass is 9.74. The van der Waals surface area contributed by atoms with Crippen LogP contribution in [0.5, 0.6) is 0 Å². The van der Waals surface area contributed by atoms with Crippen LogP contribution in [-0.2, 0) is 0 Å². The summed E-state index contributed by atoms with van der Waals surface area (Å²) in [5.74, 6) is 0. The molecule has 1 N–H and O–H groups in total. The van der Waals surface area contributed by atoms with Crippen LogP contribution in [0.25, 0.3) is 0 Å². The van der Waals surface area contributed by atoms with Crippen LogP contribution in [0.4, 0.5) is 5.69 Å². The third-order valence-corrected chi connectivity index (χ3v) is 5.57. The van der Waals surface area contributed by atoms with Crippen LogP contribution >= 0.6 is 0 Å². The Bertz CT molecular complexity index is 409. The van der Waals surface area contributed by atoms with Gasteiger partial charge in [0.1, 0.15) is 0 Å². The minimum atomic E-state index is 0.369. The van der Waals surface area contributed by atoms with E-state index in [4.69, 9.17) is 0 Å². The standard InChI is InChI=1S/C18H31N3/c1-5-16(19-4)17-9-8-15(14-20-17)21-12-10-18(6-2,7-3)11-13-21/h8-9,14,16,19H,5-7,10-13H2,1-4H3. The smallest absolute Gasteiger partial charge is 0.0574 e. The summed E-state index contributed by atoms with van der Waals surface area (Å²) in [6.45, 7) is 9.23. The number of pyridine rings is 1. The van der Waals surface area contributed by atoms with Crippen LogP contribution < -0.4 is 10.2 Å². The number of rotatable bonds is 6. The van der Waals surface area contributed by atoms with Gasteiger partial charge in [0.15, 0.2) is 0 Å². The molecule has 0 saturated carbocycles. The van der Waals surface area contributed by atoms with Crippen LogP contribution in [0.15, 0.2) is 18.3 Å². The van der Waals surface area contributed by atoms with E-state index < -0.39 is 0 Å². The van der Waals surface area contributed by atoms with Crippen LogP contribution in [0.2, 0.25) is 0 Å². The molecule has 1 aromatic rings. The van der Waals surface area contributed by atoms with Gasteiger partial charge in [-0.2, -0.15) is 0 Å². The van der Waals surface area contributed by atoms with Crippen molar-refractivity contribution in [3.05, 3.63) is 24.0 Å². The predicted molar refractivity (Wildman–Crippen MR) is 90.8 cm³/mol. The van der Waals surface area contributed by atoms with Gasteiger partial charge in [-0.3, -0.25) is 4.98 Å². The monoisotopic (exact) mass is 289 g/mol. The molecule has 1 saturated heterocycles. The van der Waals surface area contributed by atoms with Crippen molar-refractivity contribution in [3.8, 4) is 0 Å². The maximum absolute atomic E-state index is 4.67. The Balaban J connectivity index is 2.01. The Morgan fingerprint density at radius 2 is 1.86 bits per heavy atom. The molecule has 0 amide bonds. The third kappa shape index (κ3) is 3.57. The second-order valence-corrected chi connectivity index (χ2v) is 6.38. The van der Waals surface area contributed by atoms with Crippen molar-refractivity contribution in [2.45, 2.75) is 58.9 Å². The Hall–Kier alpha value is -1.09. The zero-order valence-corrected chi connectivity index (χ0v) is 14.2. The van der Waals surface area contributed by atoms with Crippen molar-refractivity contribution in [2.75, 3.05) is 25.0 Å². The highest BCUT2D eigenvalue weighted by molar-refractivity contribution is 5.45. The van der Waals surface area contributed by atoms with Gasteiger partial charge in [-0.05, 0) is 43.9 Å². The number of anilines is 1. The Morgan fingerprint density at radius 3 is 2.29 bits per heavy atom. The molecule has 0 aromatic carbocycles. The van der Waals surface area contributed by atoms with Crippen LogP contribution in [-0.4, -0.2) is 25.1 Å². The largest absolute Gasteiger partial charge is 0.370 e. The predicted octanol–water partition coefficient (Wildman–Crippen LogP) is 4.16. The molecule has 0 bridgehead atoms. The molecule has 0 radical (unpaired) electrons. The van der Waals surface area contributed by atoms with E-state index in [1.54, 1.807) is 0 Å². The highest BCUT2D eigenvalue weighted by Gasteiger charge is 2.31. The van der Waals surface area contributed by atoms with Gasteiger partial charge in [0, 0.05) is 19.1 Å². The maximum Gasteiger partial charge on any atom is 0.0574 e. The van der Waals surface area contributed by atoms with E-state index >= 15 is 0 Å². The highest BCUT2D eigenvalue weighted by Crippen LogP contribution is 2.39. The van der Waals surface area contributed by atoms with Gasteiger partial charge >= 0.3 is 0 Å². The quantitative estimate of drug-likeness (QED) is 0.852. The summed E-state index contributed by atoms with van der Waals surface area (Å²) in [6.07, 6.45) is 8.39. The van der Waals surface area contributed by atoms with Crippen molar-refractivity contribution < 1.29 is 0 Å². The third-order valence-electron chi connectivity index (χ3n) is 5.57. The first-order chi connectivity index (χ1) is 10.2. The fourth-order valence-electron chi connectivity index (χ4n) is 3.55. The van der Waals surface area contributed by atoms with Crippen molar-refractivity contribution in [1.82, 2.24) is 10.3 Å². The number of aromatic nitrogens is 1. The first-order valence-corrected chi connectivity index (χ1v) is 8.56. The molecule has 21 heavy (non-hydrogen) atoms. The van der Waals surface area contributed by atoms with Crippen molar-refractivity contribution in [1.29, 1.82) is 0 Å². The molecular formula is C18H31N3. The maximum atomic E-state index is 4.67. The summed E-state index contributed by atoms with van der Waals surface area (Å²) < 4.78 is 0. The average molecular weight is 289 g/mol. The molecule has 0 spiro atoms. The summed E-state index contributed by atoms with van der Waals surface area (Å²) in [4.78, 5) is 7.17. The number of nitrogens with one attached hydrogen (secondary N) is 1. The summed E-state index contributed by atoms with van der Waals surface area (Å²) in [5.41, 5.74) is 3.02. The van der Waals surface area contributed by atoms with Crippen LogP contribution in [0.3, 0.4) is 0 Å². The van der Waals surface area contributed by atoms with Crippen LogP contribution in [0, 0.1) is 5.41 Å². The second kappa shape index (κ2) is 7.26. The zero-order valence-electron chi connectivity index (χ0n) is 14.2. The van der Waals surface area contributed by atoms with Crippen LogP contribution in [0.1, 0.15) is 64.6 Å². The van der Waals surface area contributed by atoms with Crippen molar-refractivity contribution >= 4 is 5.69 Å². The van der Waals surface area contributed by atoms with Gasteiger partial charge in [0.25, 0.3) is 0 Å². The van der Waals surface area contributed by atoms with E-state index in [-0.39, 0.29) is 0 Å². The van der Waals surface area contributed by atoms with E-state index in [1.165, 1.54) is 44.5 Å². The molecule has 118 valence electrons. The lowest BCUT2D eigenvalue weighted by molar-refractivity contribution is 0.199. The topological polar surface area (TPSA) is 28.2 Å². The lowest BCUT2D eigenvalue weighted by Gasteiger charge is -2.42. The minimum absolute atomic E-state index is 0.369. The fraction of sp³-hybridized carbons (Fsp3) is 0.722. The van der Waals surface area contributed by atoms with Gasteiger partial charge in [-0.15, -0.1) is 0 Å². The molecule has 2 rings (SSSR count). The lowest BCUT2D eigenvalue weighted by Crippen LogP contribution is -2.39. The molecule has 2 heterocycles. The minimum Gasteiger partial charge on any atom is -0.370 e. The first-order valence-electron chi connectivity index (χ1n) is 8.56. The molecule has 1 aromatic heterocycles. The van der Waals surface area contributed by atoms with E-state index in [1.807, 2.05) is 7.05 Å². The molecule has 3 heteroatoms. The van der Waals surface area contributed by atoms with E-state index in [0.717, 1.165) is 12.1 Å². The Morgan fingerprint density at radius 1 is 1.19 bits per heavy atom. The SMILES string of the molecule is CCC(NC)c1ccc(N2CCC(CC)(CC)CC2)cn1. The average Bonchev–Trinajstić information content (AvgIpc) is 2.57. The molecule has 1 aliphatic heterocycles. The molecule has 1 atom stereocenters. The Kier molecular flexibility index (Phi) is 5.63. The fourth-order valence-corrected chi connectivity index (χ4v) is 3.55. The molecule has 3 nitrogen and oxygen atoms in total. The summed E-state index contributed by atoms with van der Waals surface area (Å²) in [5, 5.41) is 3.32. The molecule has 1 unspecified atom stereocenters. The van der Waals surface area contributed by atoms with Crippen molar-refractivity contribution in [2.24, 2.45) is 5.41 Å². The van der Waals surface area contributed by atoms with E-state index in [9.17, 15) is 0 Å². The Labute approximate surface area is 130 Å².